The van der Waals surface area contributed by atoms with Crippen molar-refractivity contribution in [2.45, 2.75) is 63.7 Å². The van der Waals surface area contributed by atoms with Crippen molar-refractivity contribution < 1.29 is 0 Å². The predicted octanol–water partition coefficient (Wildman–Crippen LogP) is 1.21. The summed E-state index contributed by atoms with van der Waals surface area (Å²) in [6.45, 7) is 11.2. The first kappa shape index (κ1) is 16.2. The van der Waals surface area contributed by atoms with E-state index in [0.717, 1.165) is 25.7 Å². The first-order chi connectivity index (χ1) is 9.43. The maximum Gasteiger partial charge on any atom is 0.0476 e. The molecule has 118 valence electrons. The van der Waals surface area contributed by atoms with Gasteiger partial charge in [0.05, 0.1) is 0 Å². The van der Waals surface area contributed by atoms with Gasteiger partial charge >= 0.3 is 0 Å². The van der Waals surface area contributed by atoms with E-state index in [9.17, 15) is 0 Å². The van der Waals surface area contributed by atoms with Crippen molar-refractivity contribution in [2.24, 2.45) is 5.73 Å². The minimum atomic E-state index is 0.187. The third-order valence-electron chi connectivity index (χ3n) is 5.23. The van der Waals surface area contributed by atoms with Gasteiger partial charge in [0.25, 0.3) is 0 Å². The highest BCUT2D eigenvalue weighted by atomic mass is 15.3. The van der Waals surface area contributed by atoms with Crippen LogP contribution in [0.5, 0.6) is 0 Å². The van der Waals surface area contributed by atoms with E-state index in [0.29, 0.717) is 12.1 Å². The summed E-state index contributed by atoms with van der Waals surface area (Å²) in [6, 6.07) is 2.10. The van der Waals surface area contributed by atoms with Crippen molar-refractivity contribution >= 4 is 0 Å². The van der Waals surface area contributed by atoms with E-state index in [1.807, 2.05) is 0 Å². The molecule has 0 amide bonds. The zero-order valence-corrected chi connectivity index (χ0v) is 14.1. The van der Waals surface area contributed by atoms with E-state index in [-0.39, 0.29) is 5.54 Å². The summed E-state index contributed by atoms with van der Waals surface area (Å²) in [5.74, 6) is 0. The van der Waals surface area contributed by atoms with E-state index in [2.05, 4.69) is 49.6 Å². The van der Waals surface area contributed by atoms with Crippen LogP contribution >= 0.6 is 0 Å². The molecular formula is C16H34N4. The van der Waals surface area contributed by atoms with Gasteiger partial charge in [-0.25, -0.2) is 0 Å². The Kier molecular flexibility index (Phi) is 5.11. The van der Waals surface area contributed by atoms with E-state index in [1.54, 1.807) is 0 Å². The molecule has 0 bridgehead atoms. The summed E-state index contributed by atoms with van der Waals surface area (Å²) in [7, 11) is 4.32. The Morgan fingerprint density at radius 1 is 1.35 bits per heavy atom. The summed E-state index contributed by atoms with van der Waals surface area (Å²) in [5.41, 5.74) is 6.46. The number of hydrogen-bond donors (Lipinski definition) is 1. The number of likely N-dealkylation sites (N-methyl/N-ethyl adjacent to an activating group) is 2. The highest BCUT2D eigenvalue weighted by Gasteiger charge is 2.49. The monoisotopic (exact) mass is 282 g/mol. The lowest BCUT2D eigenvalue weighted by atomic mass is 9.92. The summed E-state index contributed by atoms with van der Waals surface area (Å²) in [4.78, 5) is 7.68. The molecule has 4 nitrogen and oxygen atoms in total. The van der Waals surface area contributed by atoms with Crippen LogP contribution < -0.4 is 5.73 Å². The van der Waals surface area contributed by atoms with Crippen molar-refractivity contribution in [3.05, 3.63) is 0 Å². The average Bonchev–Trinajstić information content (AvgIpc) is 3.14. The van der Waals surface area contributed by atoms with Crippen LogP contribution in [0.3, 0.4) is 0 Å². The van der Waals surface area contributed by atoms with E-state index >= 15 is 0 Å². The average molecular weight is 282 g/mol. The molecule has 0 aromatic carbocycles. The molecule has 1 aliphatic carbocycles. The molecule has 1 aliphatic heterocycles. The van der Waals surface area contributed by atoms with Gasteiger partial charge in [-0.05, 0) is 53.8 Å². The Morgan fingerprint density at radius 2 is 2.00 bits per heavy atom. The van der Waals surface area contributed by atoms with Gasteiger partial charge in [-0.2, -0.15) is 0 Å². The molecule has 1 saturated heterocycles. The molecule has 20 heavy (non-hydrogen) atoms. The van der Waals surface area contributed by atoms with Crippen molar-refractivity contribution in [1.82, 2.24) is 14.7 Å². The highest BCUT2D eigenvalue weighted by Crippen LogP contribution is 2.40. The van der Waals surface area contributed by atoms with Gasteiger partial charge in [0.15, 0.2) is 0 Å². The predicted molar refractivity (Wildman–Crippen MR) is 86.0 cm³/mol. The summed E-state index contributed by atoms with van der Waals surface area (Å²) >= 11 is 0. The fraction of sp³-hybridized carbons (Fsp3) is 1.00. The molecule has 3 unspecified atom stereocenters. The maximum atomic E-state index is 6.28. The number of nitrogens with two attached hydrogens (primary N) is 1. The Labute approximate surface area is 125 Å². The minimum Gasteiger partial charge on any atom is -0.329 e. The Morgan fingerprint density at radius 3 is 2.45 bits per heavy atom. The first-order valence-corrected chi connectivity index (χ1v) is 8.31. The van der Waals surface area contributed by atoms with Crippen LogP contribution in [0, 0.1) is 0 Å². The van der Waals surface area contributed by atoms with Crippen molar-refractivity contribution in [3.63, 3.8) is 0 Å². The molecule has 0 radical (unpaired) electrons. The smallest absolute Gasteiger partial charge is 0.0476 e. The molecule has 1 heterocycles. The number of likely N-dealkylation sites (tertiary alicyclic amines) is 1. The van der Waals surface area contributed by atoms with Crippen molar-refractivity contribution in [1.29, 1.82) is 0 Å². The molecule has 2 aliphatic rings. The number of hydrogen-bond acceptors (Lipinski definition) is 4. The zero-order chi connectivity index (χ0) is 14.9. The van der Waals surface area contributed by atoms with E-state index in [4.69, 9.17) is 5.73 Å². The second-order valence-corrected chi connectivity index (χ2v) is 7.28. The van der Waals surface area contributed by atoms with Crippen LogP contribution in [0.2, 0.25) is 0 Å². The second kappa shape index (κ2) is 6.30. The largest absolute Gasteiger partial charge is 0.329 e. The van der Waals surface area contributed by atoms with Crippen LogP contribution in [0.25, 0.3) is 0 Å². The highest BCUT2D eigenvalue weighted by molar-refractivity contribution is 5.07. The lowest BCUT2D eigenvalue weighted by molar-refractivity contribution is 0.0529. The molecule has 2 N–H and O–H groups in total. The summed E-state index contributed by atoms with van der Waals surface area (Å²) in [6.07, 6.45) is 4.01. The SMILES string of the molecule is CCN(C(C)CN(C)C)C1(CN)CC(C)N(C2CC2)C1. The van der Waals surface area contributed by atoms with Gasteiger partial charge in [0.1, 0.15) is 0 Å². The molecule has 0 aromatic heterocycles. The fourth-order valence-electron chi connectivity index (χ4n) is 4.34. The summed E-state index contributed by atoms with van der Waals surface area (Å²) in [5, 5.41) is 0. The number of nitrogens with zero attached hydrogens (tertiary/aromatic N) is 3. The molecule has 0 spiro atoms. The standard InChI is InChI=1S/C16H34N4/c1-6-20(14(3)10-18(4)5)16(11-17)9-13(2)19(12-16)15-7-8-15/h13-15H,6-12,17H2,1-5H3. The topological polar surface area (TPSA) is 35.7 Å². The molecular weight excluding hydrogens is 248 g/mol. The molecule has 2 rings (SSSR count). The van der Waals surface area contributed by atoms with Crippen LogP contribution in [0.15, 0.2) is 0 Å². The third-order valence-corrected chi connectivity index (χ3v) is 5.23. The lowest BCUT2D eigenvalue weighted by Gasteiger charge is -2.44. The van der Waals surface area contributed by atoms with Crippen molar-refractivity contribution in [2.75, 3.05) is 40.3 Å². The molecule has 2 fully saturated rings. The van der Waals surface area contributed by atoms with E-state index in [1.165, 1.54) is 25.8 Å². The Balaban J connectivity index is 2.11. The van der Waals surface area contributed by atoms with Crippen molar-refractivity contribution in [3.8, 4) is 0 Å². The molecule has 3 atom stereocenters. The fourth-order valence-corrected chi connectivity index (χ4v) is 4.34. The van der Waals surface area contributed by atoms with Gasteiger partial charge in [-0.3, -0.25) is 9.80 Å². The Hall–Kier alpha value is -0.160. The second-order valence-electron chi connectivity index (χ2n) is 7.28. The maximum absolute atomic E-state index is 6.28. The van der Waals surface area contributed by atoms with Gasteiger partial charge in [-0.1, -0.05) is 6.92 Å². The number of rotatable bonds is 7. The quantitative estimate of drug-likeness (QED) is 0.761. The van der Waals surface area contributed by atoms with E-state index < -0.39 is 0 Å². The third kappa shape index (κ3) is 3.19. The van der Waals surface area contributed by atoms with Gasteiger partial charge in [0, 0.05) is 43.3 Å². The van der Waals surface area contributed by atoms with Crippen LogP contribution in [0.4, 0.5) is 0 Å². The molecule has 0 aromatic rings. The zero-order valence-electron chi connectivity index (χ0n) is 14.1. The molecule has 4 heteroatoms. The minimum absolute atomic E-state index is 0.187. The van der Waals surface area contributed by atoms with Gasteiger partial charge in [-0.15, -0.1) is 0 Å². The summed E-state index contributed by atoms with van der Waals surface area (Å²) < 4.78 is 0. The van der Waals surface area contributed by atoms with Crippen LogP contribution in [0.1, 0.15) is 40.0 Å². The first-order valence-electron chi connectivity index (χ1n) is 8.31. The van der Waals surface area contributed by atoms with Gasteiger partial charge in [0.2, 0.25) is 0 Å². The normalized spacial score (nSPS) is 33.3. The molecule has 1 saturated carbocycles. The van der Waals surface area contributed by atoms with Crippen LogP contribution in [-0.2, 0) is 0 Å². The van der Waals surface area contributed by atoms with Crippen LogP contribution in [-0.4, -0.2) is 78.6 Å². The van der Waals surface area contributed by atoms with Gasteiger partial charge < -0.3 is 10.6 Å². The lowest BCUT2D eigenvalue weighted by Crippen LogP contribution is -2.60. The Bertz CT molecular complexity index is 316.